The highest BCUT2D eigenvalue weighted by Crippen LogP contribution is 2.15. The van der Waals surface area contributed by atoms with Crippen molar-refractivity contribution in [3.8, 4) is 0 Å². The summed E-state index contributed by atoms with van der Waals surface area (Å²) in [4.78, 5) is 24.3. The molecule has 6 nitrogen and oxygen atoms in total. The lowest BCUT2D eigenvalue weighted by molar-refractivity contribution is -0.119. The summed E-state index contributed by atoms with van der Waals surface area (Å²) in [5.41, 5.74) is 5.87. The Morgan fingerprint density at radius 1 is 1.50 bits per heavy atom. The van der Waals surface area contributed by atoms with Crippen LogP contribution in [0.25, 0.3) is 0 Å². The predicted molar refractivity (Wildman–Crippen MR) is 64.8 cm³/mol. The highest BCUT2D eigenvalue weighted by Gasteiger charge is 2.20. The van der Waals surface area contributed by atoms with Crippen molar-refractivity contribution in [1.82, 2.24) is 4.90 Å². The first-order valence-electron chi connectivity index (χ1n) is 5.62. The van der Waals surface area contributed by atoms with Crippen molar-refractivity contribution >= 4 is 11.9 Å². The summed E-state index contributed by atoms with van der Waals surface area (Å²) >= 11 is 0. The molecule has 0 spiro atoms. The van der Waals surface area contributed by atoms with Crippen LogP contribution in [0.3, 0.4) is 0 Å². The minimum Gasteiger partial charge on any atom is -0.463 e. The van der Waals surface area contributed by atoms with Gasteiger partial charge in [0.2, 0.25) is 11.7 Å². The SMILES string of the molecule is COC(=O)c1occc1CN(CC(N)=O)C(C)C. The van der Waals surface area contributed by atoms with Gasteiger partial charge in [-0.3, -0.25) is 9.69 Å². The van der Waals surface area contributed by atoms with E-state index < -0.39 is 11.9 Å². The van der Waals surface area contributed by atoms with Crippen molar-refractivity contribution in [2.45, 2.75) is 26.4 Å². The molecule has 0 saturated carbocycles. The molecule has 2 N–H and O–H groups in total. The number of esters is 1. The number of methoxy groups -OCH3 is 1. The maximum atomic E-state index is 11.4. The van der Waals surface area contributed by atoms with Gasteiger partial charge in [0.25, 0.3) is 0 Å². The topological polar surface area (TPSA) is 85.8 Å². The second-order valence-electron chi connectivity index (χ2n) is 4.23. The molecule has 0 atom stereocenters. The van der Waals surface area contributed by atoms with Gasteiger partial charge in [0.15, 0.2) is 0 Å². The van der Waals surface area contributed by atoms with Crippen LogP contribution >= 0.6 is 0 Å². The molecule has 100 valence electrons. The monoisotopic (exact) mass is 254 g/mol. The zero-order chi connectivity index (χ0) is 13.7. The molecule has 0 bridgehead atoms. The van der Waals surface area contributed by atoms with E-state index in [4.69, 9.17) is 10.2 Å². The molecule has 0 fully saturated rings. The summed E-state index contributed by atoms with van der Waals surface area (Å²) in [6, 6.07) is 1.81. The van der Waals surface area contributed by atoms with Crippen molar-refractivity contribution in [3.63, 3.8) is 0 Å². The first kappa shape index (κ1) is 14.2. The van der Waals surface area contributed by atoms with Gasteiger partial charge >= 0.3 is 5.97 Å². The van der Waals surface area contributed by atoms with Crippen LogP contribution in [-0.2, 0) is 16.1 Å². The number of carbonyl (C=O) groups is 2. The molecule has 0 aliphatic carbocycles. The fourth-order valence-electron chi connectivity index (χ4n) is 1.57. The Hall–Kier alpha value is -1.82. The van der Waals surface area contributed by atoms with Gasteiger partial charge in [-0.1, -0.05) is 0 Å². The molecule has 0 unspecified atom stereocenters. The lowest BCUT2D eigenvalue weighted by Gasteiger charge is -2.24. The third-order valence-electron chi connectivity index (χ3n) is 2.58. The van der Waals surface area contributed by atoms with Gasteiger partial charge in [0, 0.05) is 18.2 Å². The normalized spacial score (nSPS) is 10.9. The summed E-state index contributed by atoms with van der Waals surface area (Å²) in [7, 11) is 1.29. The number of nitrogens with two attached hydrogens (primary N) is 1. The van der Waals surface area contributed by atoms with Crippen molar-refractivity contribution in [1.29, 1.82) is 0 Å². The van der Waals surface area contributed by atoms with Crippen LogP contribution in [0.2, 0.25) is 0 Å². The second kappa shape index (κ2) is 6.20. The van der Waals surface area contributed by atoms with E-state index in [1.165, 1.54) is 13.4 Å². The minimum absolute atomic E-state index is 0.123. The fourth-order valence-corrected chi connectivity index (χ4v) is 1.57. The van der Waals surface area contributed by atoms with E-state index in [2.05, 4.69) is 4.74 Å². The number of amides is 1. The summed E-state index contributed by atoms with van der Waals surface area (Å²) in [6.45, 7) is 4.42. The van der Waals surface area contributed by atoms with Gasteiger partial charge in [0.05, 0.1) is 19.9 Å². The molecule has 0 aliphatic rings. The number of hydrogen-bond donors (Lipinski definition) is 1. The Morgan fingerprint density at radius 3 is 2.67 bits per heavy atom. The maximum absolute atomic E-state index is 11.4. The fraction of sp³-hybridized carbons (Fsp3) is 0.500. The first-order chi connectivity index (χ1) is 8.45. The summed E-state index contributed by atoms with van der Waals surface area (Å²) in [5, 5.41) is 0. The Balaban J connectivity index is 2.84. The van der Waals surface area contributed by atoms with Gasteiger partial charge in [-0.15, -0.1) is 0 Å². The second-order valence-corrected chi connectivity index (χ2v) is 4.23. The molecule has 1 aromatic heterocycles. The standard InChI is InChI=1S/C12H18N2O4/c1-8(2)14(7-10(13)15)6-9-4-5-18-11(9)12(16)17-3/h4-5,8H,6-7H2,1-3H3,(H2,13,15). The van der Waals surface area contributed by atoms with Gasteiger partial charge in [-0.2, -0.15) is 0 Å². The largest absolute Gasteiger partial charge is 0.463 e. The molecule has 1 rings (SSSR count). The van der Waals surface area contributed by atoms with Crippen LogP contribution < -0.4 is 5.73 Å². The Labute approximate surface area is 106 Å². The van der Waals surface area contributed by atoms with E-state index in [0.717, 1.165) is 0 Å². The minimum atomic E-state index is -0.530. The van der Waals surface area contributed by atoms with Gasteiger partial charge in [0.1, 0.15) is 0 Å². The third-order valence-corrected chi connectivity index (χ3v) is 2.58. The van der Waals surface area contributed by atoms with E-state index in [0.29, 0.717) is 12.1 Å². The van der Waals surface area contributed by atoms with Crippen molar-refractivity contribution in [3.05, 3.63) is 23.7 Å². The third kappa shape index (κ3) is 3.59. The Bertz CT molecular complexity index is 425. The highest BCUT2D eigenvalue weighted by atomic mass is 16.5. The molecule has 1 aromatic rings. The molecule has 0 aromatic carbocycles. The molecule has 6 heteroatoms. The number of hydrogen-bond acceptors (Lipinski definition) is 5. The molecular weight excluding hydrogens is 236 g/mol. The summed E-state index contributed by atoms with van der Waals surface area (Å²) in [5.74, 6) is -0.780. The quantitative estimate of drug-likeness (QED) is 0.757. The number of furan rings is 1. The molecule has 0 saturated heterocycles. The van der Waals surface area contributed by atoms with Gasteiger partial charge < -0.3 is 14.9 Å². The number of primary amides is 1. The highest BCUT2D eigenvalue weighted by molar-refractivity contribution is 5.87. The number of nitrogens with zero attached hydrogens (tertiary/aromatic N) is 1. The van der Waals surface area contributed by atoms with Crippen LogP contribution in [0.15, 0.2) is 16.7 Å². The Morgan fingerprint density at radius 2 is 2.17 bits per heavy atom. The summed E-state index contributed by atoms with van der Waals surface area (Å²) < 4.78 is 9.70. The summed E-state index contributed by atoms with van der Waals surface area (Å²) in [6.07, 6.45) is 1.42. The van der Waals surface area contributed by atoms with E-state index in [9.17, 15) is 9.59 Å². The molecule has 0 radical (unpaired) electrons. The lowest BCUT2D eigenvalue weighted by Crippen LogP contribution is -2.38. The molecule has 18 heavy (non-hydrogen) atoms. The number of carbonyl (C=O) groups excluding carboxylic acids is 2. The lowest BCUT2D eigenvalue weighted by atomic mass is 10.2. The molecule has 0 aliphatic heterocycles. The van der Waals surface area contributed by atoms with Crippen molar-refractivity contribution in [2.75, 3.05) is 13.7 Å². The van der Waals surface area contributed by atoms with E-state index in [-0.39, 0.29) is 18.3 Å². The van der Waals surface area contributed by atoms with Gasteiger partial charge in [-0.05, 0) is 19.9 Å². The predicted octanol–water partition coefficient (Wildman–Crippen LogP) is 0.762. The van der Waals surface area contributed by atoms with E-state index in [1.807, 2.05) is 18.7 Å². The molecular formula is C12H18N2O4. The first-order valence-corrected chi connectivity index (χ1v) is 5.62. The van der Waals surface area contributed by atoms with Crippen LogP contribution in [0, 0.1) is 0 Å². The van der Waals surface area contributed by atoms with E-state index >= 15 is 0 Å². The molecule has 1 heterocycles. The van der Waals surface area contributed by atoms with Gasteiger partial charge in [-0.25, -0.2) is 4.79 Å². The average Bonchev–Trinajstić information content (AvgIpc) is 2.74. The smallest absolute Gasteiger partial charge is 0.374 e. The Kier molecular flexibility index (Phi) is 4.91. The van der Waals surface area contributed by atoms with Crippen molar-refractivity contribution < 1.29 is 18.7 Å². The van der Waals surface area contributed by atoms with Crippen LogP contribution in [0.5, 0.6) is 0 Å². The molecule has 1 amide bonds. The number of ether oxygens (including phenoxy) is 1. The zero-order valence-corrected chi connectivity index (χ0v) is 10.8. The maximum Gasteiger partial charge on any atom is 0.374 e. The van der Waals surface area contributed by atoms with Crippen molar-refractivity contribution in [2.24, 2.45) is 5.73 Å². The zero-order valence-electron chi connectivity index (χ0n) is 10.8. The average molecular weight is 254 g/mol. The van der Waals surface area contributed by atoms with Crippen LogP contribution in [0.4, 0.5) is 0 Å². The van der Waals surface area contributed by atoms with Crippen LogP contribution in [-0.4, -0.2) is 36.5 Å². The van der Waals surface area contributed by atoms with E-state index in [1.54, 1.807) is 6.07 Å². The van der Waals surface area contributed by atoms with Crippen LogP contribution in [0.1, 0.15) is 30.0 Å². The number of rotatable bonds is 6.